The third-order valence-corrected chi connectivity index (χ3v) is 10.7. The number of benzene rings is 8. The molecule has 10 aromatic rings. The van der Waals surface area contributed by atoms with Crippen LogP contribution < -0.4 is 0 Å². The molecule has 0 N–H and O–H groups in total. The van der Waals surface area contributed by atoms with Gasteiger partial charge in [-0.05, 0) is 97.7 Å². The maximum Gasteiger partial charge on any atom is 0.0978 e. The number of rotatable bonds is 5. The highest BCUT2D eigenvalue weighted by atomic mass is 14.8. The van der Waals surface area contributed by atoms with Crippen molar-refractivity contribution in [3.8, 4) is 55.9 Å². The highest BCUT2D eigenvalue weighted by Gasteiger charge is 2.17. The van der Waals surface area contributed by atoms with Crippen molar-refractivity contribution >= 4 is 43.4 Å². The average Bonchev–Trinajstić information content (AvgIpc) is 3.24. The van der Waals surface area contributed by atoms with Gasteiger partial charge in [0.2, 0.25) is 0 Å². The van der Waals surface area contributed by atoms with Crippen LogP contribution in [0.15, 0.2) is 188 Å². The van der Waals surface area contributed by atoms with Crippen molar-refractivity contribution < 1.29 is 0 Å². The Kier molecular flexibility index (Phi) is 7.40. The molecule has 0 aliphatic carbocycles. The minimum Gasteiger partial charge on any atom is -0.245 e. The Balaban J connectivity index is 1.14. The van der Waals surface area contributed by atoms with Crippen molar-refractivity contribution in [2.75, 3.05) is 0 Å². The van der Waals surface area contributed by atoms with E-state index in [1.807, 2.05) is 12.1 Å². The summed E-state index contributed by atoms with van der Waals surface area (Å²) in [6.07, 6.45) is 0. The molecule has 248 valence electrons. The summed E-state index contributed by atoms with van der Waals surface area (Å²) in [6.45, 7) is 2.26. The van der Waals surface area contributed by atoms with E-state index < -0.39 is 0 Å². The fourth-order valence-corrected chi connectivity index (χ4v) is 7.96. The van der Waals surface area contributed by atoms with Crippen LogP contribution in [0.1, 0.15) is 5.56 Å². The van der Waals surface area contributed by atoms with Gasteiger partial charge in [-0.2, -0.15) is 0 Å². The number of aryl methyl sites for hydroxylation is 1. The molecule has 0 radical (unpaired) electrons. The first-order valence-electron chi connectivity index (χ1n) is 18.2. The summed E-state index contributed by atoms with van der Waals surface area (Å²) < 4.78 is 0. The molecule has 53 heavy (non-hydrogen) atoms. The van der Waals surface area contributed by atoms with E-state index in [1.165, 1.54) is 49.4 Å². The number of pyridine rings is 2. The topological polar surface area (TPSA) is 25.8 Å². The Morgan fingerprint density at radius 1 is 0.321 bits per heavy atom. The Morgan fingerprint density at radius 3 is 1.51 bits per heavy atom. The zero-order valence-corrected chi connectivity index (χ0v) is 29.3. The minimum atomic E-state index is 0.908. The van der Waals surface area contributed by atoms with E-state index in [0.717, 1.165) is 55.4 Å². The second kappa shape index (κ2) is 12.7. The summed E-state index contributed by atoms with van der Waals surface area (Å²) in [5.74, 6) is 0. The lowest BCUT2D eigenvalue weighted by Crippen LogP contribution is -1.94. The minimum absolute atomic E-state index is 0.908. The Morgan fingerprint density at radius 2 is 0.830 bits per heavy atom. The smallest absolute Gasteiger partial charge is 0.0978 e. The van der Waals surface area contributed by atoms with Crippen LogP contribution in [0.5, 0.6) is 0 Å². The fourth-order valence-electron chi connectivity index (χ4n) is 7.96. The van der Waals surface area contributed by atoms with Crippen molar-refractivity contribution in [3.63, 3.8) is 0 Å². The van der Waals surface area contributed by atoms with Crippen LogP contribution in [0.25, 0.3) is 99.2 Å². The van der Waals surface area contributed by atoms with E-state index in [9.17, 15) is 0 Å². The molecule has 0 saturated carbocycles. The summed E-state index contributed by atoms with van der Waals surface area (Å²) in [4.78, 5) is 10.5. The summed E-state index contributed by atoms with van der Waals surface area (Å²) >= 11 is 0. The zero-order valence-electron chi connectivity index (χ0n) is 29.3. The standard InChI is InChI=1S/C51H34N2/c1-33-41-27-25-35-15-11-12-20-42(35)49(41)46(34-13-5-2-6-14-34)32-44(33)36-21-23-37(24-22-36)45-31-40-26-29-47(38-16-7-3-8-17-38)52-50(40)51-43(45)28-30-48(53-51)39-18-9-4-10-19-39/h2-32H,1H3. The molecule has 2 nitrogen and oxygen atoms in total. The molecule has 0 aliphatic rings. The third kappa shape index (κ3) is 5.35. The molecule has 0 fully saturated rings. The van der Waals surface area contributed by atoms with Crippen LogP contribution in [-0.2, 0) is 0 Å². The molecular weight excluding hydrogens is 641 g/mol. The average molecular weight is 675 g/mol. The first-order valence-corrected chi connectivity index (χ1v) is 18.2. The van der Waals surface area contributed by atoms with Gasteiger partial charge in [-0.1, -0.05) is 158 Å². The maximum atomic E-state index is 5.30. The predicted molar refractivity (Wildman–Crippen MR) is 224 cm³/mol. The number of aromatic nitrogens is 2. The van der Waals surface area contributed by atoms with Gasteiger partial charge >= 0.3 is 0 Å². The molecular formula is C51H34N2. The third-order valence-electron chi connectivity index (χ3n) is 10.7. The first-order chi connectivity index (χ1) is 26.2. The lowest BCUT2D eigenvalue weighted by atomic mass is 9.86. The molecule has 2 aromatic heterocycles. The van der Waals surface area contributed by atoms with E-state index in [0.29, 0.717) is 0 Å². The van der Waals surface area contributed by atoms with E-state index in [1.54, 1.807) is 0 Å². The molecule has 0 saturated heterocycles. The van der Waals surface area contributed by atoms with Gasteiger partial charge in [0.1, 0.15) is 0 Å². The van der Waals surface area contributed by atoms with Gasteiger partial charge < -0.3 is 0 Å². The second-order valence-corrected chi connectivity index (χ2v) is 13.8. The normalized spacial score (nSPS) is 11.5. The van der Waals surface area contributed by atoms with E-state index in [-0.39, 0.29) is 0 Å². The molecule has 0 spiro atoms. The summed E-state index contributed by atoms with van der Waals surface area (Å²) in [5, 5.41) is 7.29. The van der Waals surface area contributed by atoms with E-state index in [4.69, 9.17) is 9.97 Å². The van der Waals surface area contributed by atoms with Gasteiger partial charge in [0, 0.05) is 21.9 Å². The molecule has 0 unspecified atom stereocenters. The van der Waals surface area contributed by atoms with Crippen molar-refractivity contribution in [3.05, 3.63) is 194 Å². The lowest BCUT2D eigenvalue weighted by Gasteiger charge is -2.18. The van der Waals surface area contributed by atoms with Crippen LogP contribution in [0.2, 0.25) is 0 Å². The van der Waals surface area contributed by atoms with Crippen molar-refractivity contribution in [2.45, 2.75) is 6.92 Å². The van der Waals surface area contributed by atoms with Gasteiger partial charge in [-0.3, -0.25) is 0 Å². The van der Waals surface area contributed by atoms with Gasteiger partial charge in [0.25, 0.3) is 0 Å². The largest absolute Gasteiger partial charge is 0.245 e. The van der Waals surface area contributed by atoms with Crippen LogP contribution >= 0.6 is 0 Å². The van der Waals surface area contributed by atoms with E-state index >= 15 is 0 Å². The quantitative estimate of drug-likeness (QED) is 0.170. The van der Waals surface area contributed by atoms with Crippen LogP contribution in [0.3, 0.4) is 0 Å². The van der Waals surface area contributed by atoms with Crippen LogP contribution in [0.4, 0.5) is 0 Å². The van der Waals surface area contributed by atoms with Gasteiger partial charge in [-0.15, -0.1) is 0 Å². The lowest BCUT2D eigenvalue weighted by molar-refractivity contribution is 1.36. The molecule has 10 rings (SSSR count). The number of fused-ring (bicyclic) bond motifs is 6. The SMILES string of the molecule is Cc1c(-c2ccc(-c3cc4ccc(-c5ccccc5)nc4c4nc(-c5ccccc5)ccc34)cc2)cc(-c2ccccc2)c2c1ccc1ccccc12. The molecule has 0 aliphatic heterocycles. The van der Waals surface area contributed by atoms with E-state index in [2.05, 4.69) is 183 Å². The van der Waals surface area contributed by atoms with Crippen molar-refractivity contribution in [1.82, 2.24) is 9.97 Å². The van der Waals surface area contributed by atoms with Gasteiger partial charge in [0.05, 0.1) is 22.4 Å². The Hall–Kier alpha value is -6.90. The van der Waals surface area contributed by atoms with Crippen molar-refractivity contribution in [1.29, 1.82) is 0 Å². The van der Waals surface area contributed by atoms with Gasteiger partial charge in [0.15, 0.2) is 0 Å². The highest BCUT2D eigenvalue weighted by molar-refractivity contribution is 6.17. The molecule has 0 amide bonds. The molecule has 0 atom stereocenters. The number of hydrogen-bond donors (Lipinski definition) is 0. The Labute approximate surface area is 308 Å². The zero-order chi connectivity index (χ0) is 35.3. The fraction of sp³-hybridized carbons (Fsp3) is 0.0196. The Bertz CT molecular complexity index is 2970. The first kappa shape index (κ1) is 30.9. The van der Waals surface area contributed by atoms with Crippen molar-refractivity contribution in [2.24, 2.45) is 0 Å². The number of nitrogens with zero attached hydrogens (tertiary/aromatic N) is 2. The molecule has 0 bridgehead atoms. The summed E-state index contributed by atoms with van der Waals surface area (Å²) in [6, 6.07) is 67.2. The summed E-state index contributed by atoms with van der Waals surface area (Å²) in [5.41, 5.74) is 14.4. The predicted octanol–water partition coefficient (Wildman–Crippen LogP) is 13.7. The highest BCUT2D eigenvalue weighted by Crippen LogP contribution is 2.42. The monoisotopic (exact) mass is 674 g/mol. The van der Waals surface area contributed by atoms with Crippen LogP contribution in [-0.4, -0.2) is 9.97 Å². The second-order valence-electron chi connectivity index (χ2n) is 13.8. The molecule has 8 aromatic carbocycles. The maximum absolute atomic E-state index is 5.30. The summed E-state index contributed by atoms with van der Waals surface area (Å²) in [7, 11) is 0. The van der Waals surface area contributed by atoms with Crippen LogP contribution in [0, 0.1) is 6.92 Å². The molecule has 2 heteroatoms. The van der Waals surface area contributed by atoms with Gasteiger partial charge in [-0.25, -0.2) is 9.97 Å². The number of hydrogen-bond acceptors (Lipinski definition) is 2. The molecule has 2 heterocycles.